The van der Waals surface area contributed by atoms with Crippen molar-refractivity contribution >= 4 is 11.5 Å². The topological polar surface area (TPSA) is 54.6 Å². The number of carboxylic acid groups (broad SMARTS) is 1. The first-order chi connectivity index (χ1) is 7.59. The molecule has 0 spiro atoms. The summed E-state index contributed by atoms with van der Waals surface area (Å²) in [6.07, 6.45) is 2.31. The maximum Gasteiger partial charge on any atom is 0.306 e. The summed E-state index contributed by atoms with van der Waals surface area (Å²) >= 11 is 0. The molecule has 84 valence electrons. The number of carboxylic acids is 1. The first-order valence-electron chi connectivity index (χ1n) is 5.24. The van der Waals surface area contributed by atoms with Crippen molar-refractivity contribution in [2.24, 2.45) is 5.92 Å². The molecule has 0 fully saturated rings. The van der Waals surface area contributed by atoms with E-state index in [2.05, 4.69) is 4.98 Å². The monoisotopic (exact) mass is 218 g/mol. The van der Waals surface area contributed by atoms with E-state index in [0.717, 1.165) is 17.0 Å². The average molecular weight is 218 g/mol. The molecule has 0 radical (unpaired) electrons. The predicted octanol–water partition coefficient (Wildman–Crippen LogP) is 1.91. The van der Waals surface area contributed by atoms with Crippen LogP contribution in [-0.2, 0) is 11.2 Å². The molecular formula is C12H14N2O2. The Morgan fingerprint density at radius 3 is 3.00 bits per heavy atom. The molecule has 0 aliphatic rings. The van der Waals surface area contributed by atoms with Crippen LogP contribution < -0.4 is 0 Å². The molecule has 0 saturated carbocycles. The number of imidazole rings is 1. The van der Waals surface area contributed by atoms with Gasteiger partial charge in [0.25, 0.3) is 0 Å². The molecule has 0 bridgehead atoms. The Kier molecular flexibility index (Phi) is 2.64. The lowest BCUT2D eigenvalue weighted by atomic mass is 10.1. The maximum atomic E-state index is 10.8. The summed E-state index contributed by atoms with van der Waals surface area (Å²) in [5, 5.41) is 8.91. The van der Waals surface area contributed by atoms with Gasteiger partial charge in [0.15, 0.2) is 0 Å². The second kappa shape index (κ2) is 3.96. The van der Waals surface area contributed by atoms with Crippen LogP contribution in [0.3, 0.4) is 0 Å². The highest BCUT2D eigenvalue weighted by Crippen LogP contribution is 2.14. The van der Waals surface area contributed by atoms with Crippen molar-refractivity contribution in [3.8, 4) is 0 Å². The lowest BCUT2D eigenvalue weighted by Gasteiger charge is -2.09. The van der Waals surface area contributed by atoms with E-state index in [4.69, 9.17) is 5.11 Å². The summed E-state index contributed by atoms with van der Waals surface area (Å²) in [5.74, 6) is -0.259. The Balaban J connectivity index is 2.44. The minimum atomic E-state index is -0.769. The normalized spacial score (nSPS) is 12.9. The van der Waals surface area contributed by atoms with Crippen LogP contribution in [0.1, 0.15) is 18.4 Å². The third-order valence-corrected chi connectivity index (χ3v) is 2.75. The van der Waals surface area contributed by atoms with Gasteiger partial charge in [0.2, 0.25) is 0 Å². The Labute approximate surface area is 93.5 Å². The molecule has 2 aromatic rings. The largest absolute Gasteiger partial charge is 0.481 e. The number of aliphatic carboxylic acids is 1. The highest BCUT2D eigenvalue weighted by molar-refractivity contribution is 5.69. The number of fused-ring (bicyclic) bond motifs is 1. The maximum absolute atomic E-state index is 10.8. The molecule has 0 aliphatic carbocycles. The van der Waals surface area contributed by atoms with Crippen LogP contribution in [-0.4, -0.2) is 20.5 Å². The van der Waals surface area contributed by atoms with Crippen LogP contribution >= 0.6 is 0 Å². The molecule has 1 atom stereocenters. The molecule has 2 heterocycles. The summed E-state index contributed by atoms with van der Waals surface area (Å²) in [4.78, 5) is 15.1. The SMILES string of the molecule is Cc1ncc2cccc(CC(C)C(=O)O)n12. The van der Waals surface area contributed by atoms with E-state index in [9.17, 15) is 4.79 Å². The predicted molar refractivity (Wildman–Crippen MR) is 60.4 cm³/mol. The highest BCUT2D eigenvalue weighted by atomic mass is 16.4. The smallest absolute Gasteiger partial charge is 0.306 e. The standard InChI is InChI=1S/C12H14N2O2/c1-8(12(15)16)6-10-4-3-5-11-7-13-9(2)14(10)11/h3-5,7-8H,6H2,1-2H3,(H,15,16). The summed E-state index contributed by atoms with van der Waals surface area (Å²) in [7, 11) is 0. The summed E-state index contributed by atoms with van der Waals surface area (Å²) in [6.45, 7) is 3.63. The number of carbonyl (C=O) groups is 1. The van der Waals surface area contributed by atoms with Gasteiger partial charge in [-0.15, -0.1) is 0 Å². The number of hydrogen-bond donors (Lipinski definition) is 1. The van der Waals surface area contributed by atoms with Gasteiger partial charge in [-0.2, -0.15) is 0 Å². The lowest BCUT2D eigenvalue weighted by molar-refractivity contribution is -0.141. The summed E-state index contributed by atoms with van der Waals surface area (Å²) in [6, 6.07) is 5.84. The van der Waals surface area contributed by atoms with Crippen LogP contribution in [0.15, 0.2) is 24.4 Å². The zero-order chi connectivity index (χ0) is 11.7. The van der Waals surface area contributed by atoms with E-state index in [-0.39, 0.29) is 5.92 Å². The fourth-order valence-electron chi connectivity index (χ4n) is 1.85. The number of rotatable bonds is 3. The van der Waals surface area contributed by atoms with E-state index in [1.54, 1.807) is 13.1 Å². The molecule has 1 N–H and O–H groups in total. The Bertz CT molecular complexity index is 531. The van der Waals surface area contributed by atoms with E-state index >= 15 is 0 Å². The van der Waals surface area contributed by atoms with Gasteiger partial charge in [0, 0.05) is 12.1 Å². The van der Waals surface area contributed by atoms with Gasteiger partial charge in [0.05, 0.1) is 17.6 Å². The van der Waals surface area contributed by atoms with Gasteiger partial charge in [-0.05, 0) is 19.1 Å². The van der Waals surface area contributed by atoms with Gasteiger partial charge in [-0.1, -0.05) is 13.0 Å². The van der Waals surface area contributed by atoms with Crippen LogP contribution in [0.2, 0.25) is 0 Å². The molecule has 0 saturated heterocycles. The van der Waals surface area contributed by atoms with Crippen molar-refractivity contribution in [1.29, 1.82) is 0 Å². The Hall–Kier alpha value is -1.84. The van der Waals surface area contributed by atoms with Crippen LogP contribution in [0.5, 0.6) is 0 Å². The fourth-order valence-corrected chi connectivity index (χ4v) is 1.85. The number of aryl methyl sites for hydroxylation is 1. The van der Waals surface area contributed by atoms with E-state index in [1.807, 2.05) is 29.5 Å². The molecule has 0 amide bonds. The average Bonchev–Trinajstić information content (AvgIpc) is 2.61. The van der Waals surface area contributed by atoms with Crippen molar-refractivity contribution < 1.29 is 9.90 Å². The van der Waals surface area contributed by atoms with Gasteiger partial charge in [-0.3, -0.25) is 4.79 Å². The number of nitrogens with zero attached hydrogens (tertiary/aromatic N) is 2. The summed E-state index contributed by atoms with van der Waals surface area (Å²) in [5.41, 5.74) is 2.00. The van der Waals surface area contributed by atoms with Crippen molar-refractivity contribution in [3.05, 3.63) is 35.9 Å². The Morgan fingerprint density at radius 1 is 1.56 bits per heavy atom. The van der Waals surface area contributed by atoms with Crippen molar-refractivity contribution in [2.45, 2.75) is 20.3 Å². The molecule has 0 aliphatic heterocycles. The van der Waals surface area contributed by atoms with Gasteiger partial charge in [0.1, 0.15) is 5.82 Å². The van der Waals surface area contributed by atoms with E-state index < -0.39 is 5.97 Å². The van der Waals surface area contributed by atoms with Crippen LogP contribution in [0, 0.1) is 12.8 Å². The first-order valence-corrected chi connectivity index (χ1v) is 5.24. The minimum Gasteiger partial charge on any atom is -0.481 e. The Morgan fingerprint density at radius 2 is 2.31 bits per heavy atom. The number of hydrogen-bond acceptors (Lipinski definition) is 2. The first kappa shape index (κ1) is 10.7. The second-order valence-electron chi connectivity index (χ2n) is 4.03. The molecule has 0 aromatic carbocycles. The quantitative estimate of drug-likeness (QED) is 0.856. The molecule has 4 heteroatoms. The zero-order valence-corrected chi connectivity index (χ0v) is 9.34. The molecule has 2 rings (SSSR count). The third-order valence-electron chi connectivity index (χ3n) is 2.75. The number of pyridine rings is 1. The fraction of sp³-hybridized carbons (Fsp3) is 0.333. The number of aromatic nitrogens is 2. The van der Waals surface area contributed by atoms with Crippen molar-refractivity contribution in [3.63, 3.8) is 0 Å². The molecule has 16 heavy (non-hydrogen) atoms. The van der Waals surface area contributed by atoms with Crippen LogP contribution in [0.4, 0.5) is 0 Å². The summed E-state index contributed by atoms with van der Waals surface area (Å²) < 4.78 is 2.00. The van der Waals surface area contributed by atoms with Crippen molar-refractivity contribution in [1.82, 2.24) is 9.38 Å². The minimum absolute atomic E-state index is 0.382. The van der Waals surface area contributed by atoms with E-state index in [1.165, 1.54) is 0 Å². The molecule has 2 aromatic heterocycles. The zero-order valence-electron chi connectivity index (χ0n) is 9.34. The lowest BCUT2D eigenvalue weighted by Crippen LogP contribution is -2.14. The molecule has 4 nitrogen and oxygen atoms in total. The third kappa shape index (κ3) is 1.78. The van der Waals surface area contributed by atoms with Gasteiger partial charge < -0.3 is 9.51 Å². The van der Waals surface area contributed by atoms with Gasteiger partial charge >= 0.3 is 5.97 Å². The van der Waals surface area contributed by atoms with Gasteiger partial charge in [-0.25, -0.2) is 4.98 Å². The van der Waals surface area contributed by atoms with E-state index in [0.29, 0.717) is 6.42 Å². The molecular weight excluding hydrogens is 204 g/mol. The molecule has 1 unspecified atom stereocenters. The highest BCUT2D eigenvalue weighted by Gasteiger charge is 2.14. The second-order valence-corrected chi connectivity index (χ2v) is 4.03. The van der Waals surface area contributed by atoms with Crippen molar-refractivity contribution in [2.75, 3.05) is 0 Å². The van der Waals surface area contributed by atoms with Crippen LogP contribution in [0.25, 0.3) is 5.52 Å².